The van der Waals surface area contributed by atoms with Gasteiger partial charge in [0, 0.05) is 18.2 Å². The summed E-state index contributed by atoms with van der Waals surface area (Å²) in [6.45, 7) is 0. The molecule has 0 radical (unpaired) electrons. The maximum Gasteiger partial charge on any atom is 0.201 e. The monoisotopic (exact) mass is 347 g/mol. The molecule has 1 fully saturated rings. The molecule has 20 heavy (non-hydrogen) atoms. The van der Waals surface area contributed by atoms with Gasteiger partial charge in [-0.25, -0.2) is 9.97 Å². The van der Waals surface area contributed by atoms with Crippen molar-refractivity contribution < 1.29 is 0 Å². The Hall–Kier alpha value is -1.47. The fraction of sp³-hybridized carbons (Fsp3) is 0.231. The van der Waals surface area contributed by atoms with E-state index in [4.69, 9.17) is 0 Å². The predicted octanol–water partition coefficient (Wildman–Crippen LogP) is 3.31. The highest BCUT2D eigenvalue weighted by Crippen LogP contribution is 2.39. The number of hydrogen-bond acceptors (Lipinski definition) is 5. The number of rotatable bonds is 3. The van der Waals surface area contributed by atoms with E-state index < -0.39 is 0 Å². The van der Waals surface area contributed by atoms with E-state index in [2.05, 4.69) is 36.1 Å². The molecule has 4 rings (SSSR count). The van der Waals surface area contributed by atoms with E-state index in [0.717, 1.165) is 26.3 Å². The van der Waals surface area contributed by atoms with Crippen LogP contribution in [0.15, 0.2) is 45.2 Å². The summed E-state index contributed by atoms with van der Waals surface area (Å²) in [7, 11) is 0. The first-order valence-corrected chi connectivity index (χ1v) is 7.92. The molecule has 0 saturated heterocycles. The smallest absolute Gasteiger partial charge is 0.201 e. The molecule has 3 aromatic rings. The standard InChI is InChI=1S/C13H10BrN5S/c14-9-7-11(16-12(15-9)8-4-5-8)20-13-18-17-10-3-1-2-6-19(10)13/h1-3,6-8H,4-5H2. The lowest BCUT2D eigenvalue weighted by Crippen LogP contribution is -1.95. The molecule has 1 aliphatic rings. The van der Waals surface area contributed by atoms with Crippen molar-refractivity contribution in [2.24, 2.45) is 0 Å². The first kappa shape index (κ1) is 12.3. The average molecular weight is 348 g/mol. The van der Waals surface area contributed by atoms with Crippen molar-refractivity contribution >= 4 is 33.3 Å². The molecule has 0 aromatic carbocycles. The van der Waals surface area contributed by atoms with Gasteiger partial charge in [-0.15, -0.1) is 10.2 Å². The quantitative estimate of drug-likeness (QED) is 0.680. The van der Waals surface area contributed by atoms with Crippen molar-refractivity contribution in [1.82, 2.24) is 24.6 Å². The Morgan fingerprint density at radius 2 is 2.10 bits per heavy atom. The molecular formula is C13H10BrN5S. The van der Waals surface area contributed by atoms with E-state index in [1.165, 1.54) is 24.6 Å². The van der Waals surface area contributed by atoms with Crippen LogP contribution >= 0.6 is 27.7 Å². The minimum Gasteiger partial charge on any atom is -0.277 e. The van der Waals surface area contributed by atoms with Crippen LogP contribution in [0, 0.1) is 0 Å². The molecule has 0 atom stereocenters. The van der Waals surface area contributed by atoms with E-state index in [0.29, 0.717) is 5.92 Å². The van der Waals surface area contributed by atoms with Gasteiger partial charge in [0.2, 0.25) is 5.16 Å². The van der Waals surface area contributed by atoms with Gasteiger partial charge < -0.3 is 0 Å². The third-order valence-electron chi connectivity index (χ3n) is 3.11. The average Bonchev–Trinajstić information content (AvgIpc) is 3.22. The Kier molecular flexibility index (Phi) is 2.96. The normalized spacial score (nSPS) is 14.8. The zero-order valence-corrected chi connectivity index (χ0v) is 12.8. The van der Waals surface area contributed by atoms with Crippen LogP contribution < -0.4 is 0 Å². The van der Waals surface area contributed by atoms with Gasteiger partial charge in [-0.2, -0.15) is 0 Å². The summed E-state index contributed by atoms with van der Waals surface area (Å²) in [6.07, 6.45) is 4.33. The largest absolute Gasteiger partial charge is 0.277 e. The zero-order chi connectivity index (χ0) is 13.5. The molecule has 0 bridgehead atoms. The molecule has 7 heteroatoms. The number of pyridine rings is 1. The number of hydrogen-bond donors (Lipinski definition) is 0. The van der Waals surface area contributed by atoms with Crippen LogP contribution in [0.25, 0.3) is 5.65 Å². The molecule has 0 amide bonds. The number of nitrogens with zero attached hydrogens (tertiary/aromatic N) is 5. The second-order valence-corrected chi connectivity index (χ2v) is 6.47. The van der Waals surface area contributed by atoms with Crippen LogP contribution in [0.3, 0.4) is 0 Å². The second kappa shape index (κ2) is 4.82. The summed E-state index contributed by atoms with van der Waals surface area (Å²) in [5.74, 6) is 1.46. The van der Waals surface area contributed by atoms with E-state index >= 15 is 0 Å². The second-order valence-electron chi connectivity index (χ2n) is 4.67. The van der Waals surface area contributed by atoms with Gasteiger partial charge in [0.05, 0.1) is 0 Å². The third kappa shape index (κ3) is 2.31. The van der Waals surface area contributed by atoms with Crippen molar-refractivity contribution in [2.75, 3.05) is 0 Å². The molecule has 3 aromatic heterocycles. The van der Waals surface area contributed by atoms with Crippen molar-refractivity contribution in [3.8, 4) is 0 Å². The highest BCUT2D eigenvalue weighted by molar-refractivity contribution is 9.10. The van der Waals surface area contributed by atoms with Crippen molar-refractivity contribution in [1.29, 1.82) is 0 Å². The molecule has 0 aliphatic heterocycles. The Morgan fingerprint density at radius 1 is 1.20 bits per heavy atom. The first-order valence-electron chi connectivity index (χ1n) is 6.32. The maximum absolute atomic E-state index is 4.62. The summed E-state index contributed by atoms with van der Waals surface area (Å²) < 4.78 is 2.78. The maximum atomic E-state index is 4.62. The first-order chi connectivity index (χ1) is 9.79. The van der Waals surface area contributed by atoms with Crippen molar-refractivity contribution in [3.63, 3.8) is 0 Å². The van der Waals surface area contributed by atoms with Crippen molar-refractivity contribution in [3.05, 3.63) is 40.9 Å². The lowest BCUT2D eigenvalue weighted by Gasteiger charge is -2.03. The molecular weight excluding hydrogens is 338 g/mol. The van der Waals surface area contributed by atoms with Crippen LogP contribution in [0.1, 0.15) is 24.6 Å². The van der Waals surface area contributed by atoms with Gasteiger partial charge in [0.25, 0.3) is 0 Å². The highest BCUT2D eigenvalue weighted by Gasteiger charge is 2.27. The number of fused-ring (bicyclic) bond motifs is 1. The zero-order valence-electron chi connectivity index (χ0n) is 10.4. The molecule has 100 valence electrons. The van der Waals surface area contributed by atoms with E-state index in [-0.39, 0.29) is 0 Å². The van der Waals surface area contributed by atoms with Gasteiger partial charge in [-0.05, 0) is 52.7 Å². The third-order valence-corrected chi connectivity index (χ3v) is 4.39. The summed E-state index contributed by atoms with van der Waals surface area (Å²) >= 11 is 4.96. The summed E-state index contributed by atoms with van der Waals surface area (Å²) in [4.78, 5) is 9.05. The Morgan fingerprint density at radius 3 is 2.95 bits per heavy atom. The molecule has 1 aliphatic carbocycles. The number of halogens is 1. The molecule has 0 spiro atoms. The van der Waals surface area contributed by atoms with Crippen LogP contribution in [0.5, 0.6) is 0 Å². The van der Waals surface area contributed by atoms with Crippen LogP contribution in [-0.2, 0) is 0 Å². The highest BCUT2D eigenvalue weighted by atomic mass is 79.9. The molecule has 3 heterocycles. The van der Waals surface area contributed by atoms with E-state index in [1.54, 1.807) is 0 Å². The lowest BCUT2D eigenvalue weighted by atomic mass is 10.4. The molecule has 1 saturated carbocycles. The molecule has 5 nitrogen and oxygen atoms in total. The molecule has 0 N–H and O–H groups in total. The van der Waals surface area contributed by atoms with Crippen LogP contribution in [0.4, 0.5) is 0 Å². The molecule has 0 unspecified atom stereocenters. The van der Waals surface area contributed by atoms with Crippen molar-refractivity contribution in [2.45, 2.75) is 28.9 Å². The summed E-state index contributed by atoms with van der Waals surface area (Å²) in [5.41, 5.74) is 0.838. The van der Waals surface area contributed by atoms with Gasteiger partial charge in [0.15, 0.2) is 5.65 Å². The SMILES string of the molecule is Brc1cc(Sc2nnc3ccccn23)nc(C2CC2)n1. The summed E-state index contributed by atoms with van der Waals surface area (Å²) in [5, 5.41) is 10.1. The van der Waals surface area contributed by atoms with E-state index in [9.17, 15) is 0 Å². The topological polar surface area (TPSA) is 56.0 Å². The minimum atomic E-state index is 0.530. The fourth-order valence-electron chi connectivity index (χ4n) is 1.97. The summed E-state index contributed by atoms with van der Waals surface area (Å²) in [6, 6.07) is 7.76. The van der Waals surface area contributed by atoms with Crippen LogP contribution in [0.2, 0.25) is 0 Å². The fourth-order valence-corrected chi connectivity index (χ4v) is 3.35. The lowest BCUT2D eigenvalue weighted by molar-refractivity contribution is 0.858. The predicted molar refractivity (Wildman–Crippen MR) is 78.8 cm³/mol. The van der Waals surface area contributed by atoms with Gasteiger partial charge >= 0.3 is 0 Å². The van der Waals surface area contributed by atoms with Crippen LogP contribution in [-0.4, -0.2) is 24.6 Å². The van der Waals surface area contributed by atoms with Gasteiger partial charge in [-0.1, -0.05) is 6.07 Å². The number of aromatic nitrogens is 5. The Labute approximate surface area is 128 Å². The van der Waals surface area contributed by atoms with E-state index in [1.807, 2.05) is 34.9 Å². The minimum absolute atomic E-state index is 0.530. The Bertz CT molecular complexity index is 783. The van der Waals surface area contributed by atoms with Gasteiger partial charge in [0.1, 0.15) is 15.5 Å². The van der Waals surface area contributed by atoms with Gasteiger partial charge in [-0.3, -0.25) is 4.40 Å². The Balaban J connectivity index is 1.71.